The molecule has 0 saturated carbocycles. The van der Waals surface area contributed by atoms with Crippen molar-refractivity contribution in [3.63, 3.8) is 0 Å². The molecule has 2 aromatic heterocycles. The lowest BCUT2D eigenvalue weighted by Crippen LogP contribution is -2.03. The second-order valence-corrected chi connectivity index (χ2v) is 3.13. The first kappa shape index (κ1) is 9.08. The second-order valence-electron chi connectivity index (χ2n) is 3.13. The van der Waals surface area contributed by atoms with Gasteiger partial charge < -0.3 is 14.2 Å². The summed E-state index contributed by atoms with van der Waals surface area (Å²) in [6, 6.07) is 3.79. The van der Waals surface area contributed by atoms with Crippen LogP contribution in [0.25, 0.3) is 11.0 Å². The molecule has 1 N–H and O–H groups in total. The summed E-state index contributed by atoms with van der Waals surface area (Å²) in [5.41, 5.74) is 1.99. The van der Waals surface area contributed by atoms with Crippen LogP contribution in [0, 0.1) is 6.92 Å². The molecule has 2 rings (SSSR count). The molecule has 4 nitrogen and oxygen atoms in total. The molecule has 2 aromatic rings. The van der Waals surface area contributed by atoms with Crippen molar-refractivity contribution in [3.05, 3.63) is 23.9 Å². The lowest BCUT2D eigenvalue weighted by molar-refractivity contribution is 0.433. The Morgan fingerprint density at radius 1 is 1.57 bits per heavy atom. The van der Waals surface area contributed by atoms with Gasteiger partial charge in [-0.25, -0.2) is 4.98 Å². The first-order valence-electron chi connectivity index (χ1n) is 4.27. The van der Waals surface area contributed by atoms with Gasteiger partial charge in [-0.3, -0.25) is 0 Å². The fraction of sp³-hybridized carbons (Fsp3) is 0.222. The molecule has 0 bridgehead atoms. The maximum absolute atomic E-state index is 8.56. The normalized spacial score (nSPS) is 10.5. The van der Waals surface area contributed by atoms with Crippen LogP contribution in [-0.4, -0.2) is 22.3 Å². The zero-order chi connectivity index (χ0) is 10.1. The van der Waals surface area contributed by atoms with Gasteiger partial charge in [0.05, 0.1) is 0 Å². The summed E-state index contributed by atoms with van der Waals surface area (Å²) >= 11 is 0. The van der Waals surface area contributed by atoms with Crippen molar-refractivity contribution in [1.29, 1.82) is 0 Å². The Balaban J connectivity index is 2.67. The van der Waals surface area contributed by atoms with Crippen molar-refractivity contribution in [2.24, 2.45) is 7.05 Å². The maximum Gasteiger partial charge on any atom is 0.570 e. The maximum atomic E-state index is 8.56. The Bertz CT molecular complexity index is 467. The number of aryl methyl sites for hydroxylation is 2. The van der Waals surface area contributed by atoms with Crippen LogP contribution < -0.4 is 4.65 Å². The molecule has 5 heteroatoms. The van der Waals surface area contributed by atoms with Gasteiger partial charge in [-0.15, -0.1) is 0 Å². The Morgan fingerprint density at radius 2 is 2.36 bits per heavy atom. The molecule has 0 saturated heterocycles. The highest BCUT2D eigenvalue weighted by atomic mass is 16.5. The minimum absolute atomic E-state index is 0.573. The van der Waals surface area contributed by atoms with E-state index < -0.39 is 0 Å². The standard InChI is InChI=1S/C9H10BN2O2/c1-6-3-4-11-9-7(6)5-8(12(9)2)14-10-13/h3-5,13H,1-2H3. The molecule has 0 aliphatic carbocycles. The highest BCUT2D eigenvalue weighted by Gasteiger charge is 2.08. The average Bonchev–Trinajstić information content (AvgIpc) is 2.48. The van der Waals surface area contributed by atoms with E-state index in [0.717, 1.165) is 16.6 Å². The van der Waals surface area contributed by atoms with Gasteiger partial charge in [-0.2, -0.15) is 0 Å². The Morgan fingerprint density at radius 3 is 3.00 bits per heavy atom. The number of fused-ring (bicyclic) bond motifs is 1. The van der Waals surface area contributed by atoms with Gasteiger partial charge in [0.25, 0.3) is 0 Å². The number of nitrogens with zero attached hydrogens (tertiary/aromatic N) is 2. The van der Waals surface area contributed by atoms with E-state index >= 15 is 0 Å². The van der Waals surface area contributed by atoms with Crippen molar-refractivity contribution >= 4 is 18.7 Å². The van der Waals surface area contributed by atoms with Crippen LogP contribution >= 0.6 is 0 Å². The summed E-state index contributed by atoms with van der Waals surface area (Å²) in [6.45, 7) is 2.01. The first-order valence-corrected chi connectivity index (χ1v) is 4.27. The Labute approximate surface area is 82.4 Å². The third-order valence-corrected chi connectivity index (χ3v) is 2.28. The fourth-order valence-corrected chi connectivity index (χ4v) is 1.49. The van der Waals surface area contributed by atoms with Gasteiger partial charge in [-0.05, 0) is 18.6 Å². The van der Waals surface area contributed by atoms with Crippen LogP contribution in [0.5, 0.6) is 5.88 Å². The Hall–Kier alpha value is -1.49. The molecule has 0 aliphatic heterocycles. The van der Waals surface area contributed by atoms with E-state index in [1.807, 2.05) is 26.1 Å². The van der Waals surface area contributed by atoms with E-state index in [4.69, 9.17) is 9.68 Å². The minimum atomic E-state index is 0.573. The summed E-state index contributed by atoms with van der Waals surface area (Å²) in [6.07, 6.45) is 1.75. The lowest BCUT2D eigenvalue weighted by atomic mass is 10.2. The van der Waals surface area contributed by atoms with Crippen molar-refractivity contribution in [3.8, 4) is 5.88 Å². The molecular weight excluding hydrogens is 179 g/mol. The third kappa shape index (κ3) is 1.26. The molecule has 0 unspecified atom stereocenters. The van der Waals surface area contributed by atoms with Crippen LogP contribution in [0.2, 0.25) is 0 Å². The summed E-state index contributed by atoms with van der Waals surface area (Å²) in [7, 11) is 2.51. The zero-order valence-electron chi connectivity index (χ0n) is 8.06. The molecule has 0 atom stereocenters. The van der Waals surface area contributed by atoms with Gasteiger partial charge in [0.2, 0.25) is 0 Å². The largest absolute Gasteiger partial charge is 0.570 e. The van der Waals surface area contributed by atoms with Crippen LogP contribution in [-0.2, 0) is 7.05 Å². The number of pyridine rings is 1. The van der Waals surface area contributed by atoms with Gasteiger partial charge in [0.15, 0.2) is 5.88 Å². The van der Waals surface area contributed by atoms with E-state index in [2.05, 4.69) is 4.98 Å². The summed E-state index contributed by atoms with van der Waals surface area (Å²) in [5.74, 6) is 0.573. The number of rotatable bonds is 2. The van der Waals surface area contributed by atoms with E-state index in [-0.39, 0.29) is 0 Å². The quantitative estimate of drug-likeness (QED) is 0.710. The number of hydrogen-bond acceptors (Lipinski definition) is 3. The minimum Gasteiger partial charge on any atom is -0.525 e. The predicted octanol–water partition coefficient (Wildman–Crippen LogP) is 0.787. The fourth-order valence-electron chi connectivity index (χ4n) is 1.49. The molecule has 2 heterocycles. The van der Waals surface area contributed by atoms with E-state index in [9.17, 15) is 0 Å². The van der Waals surface area contributed by atoms with E-state index in [1.165, 1.54) is 0 Å². The van der Waals surface area contributed by atoms with Crippen LogP contribution in [0.3, 0.4) is 0 Å². The van der Waals surface area contributed by atoms with Crippen molar-refractivity contribution in [1.82, 2.24) is 9.55 Å². The highest BCUT2D eigenvalue weighted by molar-refractivity contribution is 6.17. The summed E-state index contributed by atoms with van der Waals surface area (Å²) in [4.78, 5) is 4.23. The van der Waals surface area contributed by atoms with Crippen LogP contribution in [0.1, 0.15) is 5.56 Å². The topological polar surface area (TPSA) is 47.3 Å². The lowest BCUT2D eigenvalue weighted by Gasteiger charge is -2.01. The molecular formula is C9H10BN2O2. The number of hydrogen-bond donors (Lipinski definition) is 1. The monoisotopic (exact) mass is 189 g/mol. The second kappa shape index (κ2) is 3.34. The molecule has 0 amide bonds. The molecule has 0 aromatic carbocycles. The highest BCUT2D eigenvalue weighted by Crippen LogP contribution is 2.24. The van der Waals surface area contributed by atoms with Crippen LogP contribution in [0.15, 0.2) is 18.3 Å². The first-order chi connectivity index (χ1) is 6.74. The summed E-state index contributed by atoms with van der Waals surface area (Å²) < 4.78 is 6.72. The number of aromatic nitrogens is 2. The Kier molecular flexibility index (Phi) is 2.17. The molecule has 0 spiro atoms. The molecule has 1 radical (unpaired) electrons. The van der Waals surface area contributed by atoms with Gasteiger partial charge in [0, 0.05) is 24.7 Å². The molecule has 0 fully saturated rings. The van der Waals surface area contributed by atoms with Gasteiger partial charge in [-0.1, -0.05) is 0 Å². The van der Waals surface area contributed by atoms with Crippen LogP contribution in [0.4, 0.5) is 0 Å². The van der Waals surface area contributed by atoms with Crippen molar-refractivity contribution < 1.29 is 9.68 Å². The van der Waals surface area contributed by atoms with Gasteiger partial charge in [0.1, 0.15) is 5.65 Å². The third-order valence-electron chi connectivity index (χ3n) is 2.28. The molecule has 14 heavy (non-hydrogen) atoms. The van der Waals surface area contributed by atoms with E-state index in [0.29, 0.717) is 13.6 Å². The molecule has 71 valence electrons. The zero-order valence-corrected chi connectivity index (χ0v) is 8.06. The smallest absolute Gasteiger partial charge is 0.525 e. The SMILES string of the molecule is Cc1ccnc2c1cc(O[B]O)n2C. The van der Waals surface area contributed by atoms with Crippen molar-refractivity contribution in [2.45, 2.75) is 6.92 Å². The van der Waals surface area contributed by atoms with Crippen molar-refractivity contribution in [2.75, 3.05) is 0 Å². The predicted molar refractivity (Wildman–Crippen MR) is 54.1 cm³/mol. The molecule has 0 aliphatic rings. The summed E-state index contributed by atoms with van der Waals surface area (Å²) in [5, 5.41) is 9.59. The van der Waals surface area contributed by atoms with E-state index in [1.54, 1.807) is 10.8 Å². The van der Waals surface area contributed by atoms with Gasteiger partial charge >= 0.3 is 7.69 Å². The average molecular weight is 189 g/mol.